The quantitative estimate of drug-likeness (QED) is 0.543. The third-order valence-corrected chi connectivity index (χ3v) is 1.47. The molecule has 0 aromatic carbocycles. The molecule has 4 heteroatoms. The van der Waals surface area contributed by atoms with Gasteiger partial charge in [0.05, 0.1) is 0 Å². The molecule has 1 aliphatic rings. The number of rotatable bonds is 0. The minimum absolute atomic E-state index is 0.0787. The maximum Gasteiger partial charge on any atom is 0.259 e. The predicted molar refractivity (Wildman–Crippen MR) is 38.4 cm³/mol. The van der Waals surface area contributed by atoms with Crippen LogP contribution in [-0.4, -0.2) is 15.5 Å². The second-order valence-electron chi connectivity index (χ2n) is 2.33. The first-order valence-corrected chi connectivity index (χ1v) is 3.25. The molecule has 1 radical (unpaired) electrons. The lowest BCUT2D eigenvalue weighted by molar-refractivity contribution is 0.0965. The number of fused-ring (bicyclic) bond motifs is 1. The summed E-state index contributed by atoms with van der Waals surface area (Å²) in [5, 5.41) is 4.05. The molecule has 11 heavy (non-hydrogen) atoms. The minimum Gasteiger partial charge on any atom is -0.269 e. The summed E-state index contributed by atoms with van der Waals surface area (Å²) in [6.45, 7) is 1.77. The summed E-state index contributed by atoms with van der Waals surface area (Å²) in [6.07, 6.45) is 4.64. The number of aromatic nitrogens is 2. The van der Waals surface area contributed by atoms with E-state index < -0.39 is 0 Å². The summed E-state index contributed by atoms with van der Waals surface area (Å²) in [6, 6.07) is 0. The predicted octanol–water partition coefficient (Wildman–Crippen LogP) is 0.677. The third-order valence-electron chi connectivity index (χ3n) is 1.47. The van der Waals surface area contributed by atoms with Crippen molar-refractivity contribution in [1.82, 2.24) is 14.9 Å². The van der Waals surface area contributed by atoms with Gasteiger partial charge in [-0.1, -0.05) is 0 Å². The molecule has 2 rings (SSSR count). The lowest BCUT2D eigenvalue weighted by Gasteiger charge is -2.09. The van der Waals surface area contributed by atoms with Gasteiger partial charge >= 0.3 is 0 Å². The average molecular weight is 148 g/mol. The Hall–Kier alpha value is -1.58. The van der Waals surface area contributed by atoms with Gasteiger partial charge in [0.25, 0.3) is 5.91 Å². The Balaban J connectivity index is 2.54. The molecule has 1 aliphatic heterocycles. The molecule has 0 amide bonds. The van der Waals surface area contributed by atoms with E-state index in [0.717, 1.165) is 0 Å². The molecule has 0 unspecified atom stereocenters. The Bertz CT molecular complexity index is 337. The van der Waals surface area contributed by atoms with Crippen LogP contribution >= 0.6 is 0 Å². The van der Waals surface area contributed by atoms with Gasteiger partial charge in [0.15, 0.2) is 0 Å². The van der Waals surface area contributed by atoms with E-state index in [4.69, 9.17) is 0 Å². The first-order valence-electron chi connectivity index (χ1n) is 3.25. The second-order valence-corrected chi connectivity index (χ2v) is 2.33. The molecule has 0 saturated heterocycles. The number of hydrogen-bond acceptors (Lipinski definition) is 2. The highest BCUT2D eigenvalue weighted by atomic mass is 16.2. The first-order chi connectivity index (χ1) is 5.27. The largest absolute Gasteiger partial charge is 0.269 e. The number of nitrogens with zero attached hydrogens (tertiary/aromatic N) is 3. The van der Waals surface area contributed by atoms with E-state index in [9.17, 15) is 4.79 Å². The molecule has 0 bridgehead atoms. The second kappa shape index (κ2) is 1.95. The topological polar surface area (TPSA) is 49.0 Å². The highest BCUT2D eigenvalue weighted by Gasteiger charge is 2.15. The molecule has 1 aromatic heterocycles. The Morgan fingerprint density at radius 1 is 1.55 bits per heavy atom. The van der Waals surface area contributed by atoms with E-state index in [1.807, 2.05) is 0 Å². The van der Waals surface area contributed by atoms with Crippen molar-refractivity contribution in [3.05, 3.63) is 24.2 Å². The van der Waals surface area contributed by atoms with Crippen molar-refractivity contribution in [2.75, 3.05) is 0 Å². The van der Waals surface area contributed by atoms with Crippen LogP contribution in [0.15, 0.2) is 24.2 Å². The van der Waals surface area contributed by atoms with Gasteiger partial charge in [-0.3, -0.25) is 9.36 Å². The Kier molecular flexibility index (Phi) is 1.09. The van der Waals surface area contributed by atoms with Crippen molar-refractivity contribution in [2.24, 2.45) is 0 Å². The van der Waals surface area contributed by atoms with Crippen LogP contribution in [0.25, 0.3) is 0 Å². The van der Waals surface area contributed by atoms with E-state index >= 15 is 0 Å². The fourth-order valence-electron chi connectivity index (χ4n) is 0.989. The van der Waals surface area contributed by atoms with E-state index in [-0.39, 0.29) is 5.91 Å². The standard InChI is InChI=1S/C7H6N3O/c1-5-4-6(11)10-3-2-8-7(10)9-5/h2-4H,1H3. The van der Waals surface area contributed by atoms with Gasteiger partial charge in [-0.05, 0) is 6.92 Å². The van der Waals surface area contributed by atoms with Crippen LogP contribution in [0.4, 0.5) is 5.95 Å². The molecule has 4 nitrogen and oxygen atoms in total. The minimum atomic E-state index is -0.0787. The number of allylic oxidation sites excluding steroid dienone is 2. The van der Waals surface area contributed by atoms with Crippen molar-refractivity contribution in [3.63, 3.8) is 0 Å². The maximum absolute atomic E-state index is 11.1. The van der Waals surface area contributed by atoms with Crippen LogP contribution in [0.5, 0.6) is 0 Å². The molecule has 0 spiro atoms. The van der Waals surface area contributed by atoms with Crippen LogP contribution in [-0.2, 0) is 0 Å². The molecule has 2 heterocycles. The van der Waals surface area contributed by atoms with Crippen LogP contribution < -0.4 is 5.32 Å². The smallest absolute Gasteiger partial charge is 0.259 e. The van der Waals surface area contributed by atoms with Gasteiger partial charge in [0.1, 0.15) is 0 Å². The van der Waals surface area contributed by atoms with E-state index in [0.29, 0.717) is 11.6 Å². The lowest BCUT2D eigenvalue weighted by atomic mass is 10.4. The van der Waals surface area contributed by atoms with Gasteiger partial charge < -0.3 is 0 Å². The van der Waals surface area contributed by atoms with Crippen LogP contribution in [0, 0.1) is 0 Å². The van der Waals surface area contributed by atoms with E-state index in [1.54, 1.807) is 19.3 Å². The summed E-state index contributed by atoms with van der Waals surface area (Å²) < 4.78 is 1.41. The Labute approximate surface area is 63.5 Å². The zero-order valence-electron chi connectivity index (χ0n) is 5.98. The van der Waals surface area contributed by atoms with Crippen LogP contribution in [0.1, 0.15) is 11.7 Å². The molecule has 0 N–H and O–H groups in total. The highest BCUT2D eigenvalue weighted by Crippen LogP contribution is 2.13. The zero-order chi connectivity index (χ0) is 7.84. The monoisotopic (exact) mass is 148 g/mol. The van der Waals surface area contributed by atoms with Gasteiger partial charge in [0.2, 0.25) is 5.95 Å². The third kappa shape index (κ3) is 0.832. The Morgan fingerprint density at radius 3 is 3.18 bits per heavy atom. The van der Waals surface area contributed by atoms with E-state index in [2.05, 4.69) is 10.3 Å². The van der Waals surface area contributed by atoms with Gasteiger partial charge in [-0.25, -0.2) is 10.3 Å². The van der Waals surface area contributed by atoms with Gasteiger partial charge in [-0.15, -0.1) is 0 Å². The average Bonchev–Trinajstić information content (AvgIpc) is 2.34. The van der Waals surface area contributed by atoms with E-state index in [1.165, 1.54) is 10.6 Å². The van der Waals surface area contributed by atoms with Crippen molar-refractivity contribution in [2.45, 2.75) is 6.92 Å². The summed E-state index contributed by atoms with van der Waals surface area (Å²) >= 11 is 0. The molecule has 0 aliphatic carbocycles. The van der Waals surface area contributed by atoms with Crippen molar-refractivity contribution < 1.29 is 4.79 Å². The molecule has 55 valence electrons. The highest BCUT2D eigenvalue weighted by molar-refractivity contribution is 5.93. The molecule has 0 fully saturated rings. The summed E-state index contributed by atoms with van der Waals surface area (Å²) in [5.41, 5.74) is 0.703. The SMILES string of the molecule is CC1=CC(=O)n2ccnc2[N]1. The van der Waals surface area contributed by atoms with Gasteiger partial charge in [0, 0.05) is 24.2 Å². The fourth-order valence-corrected chi connectivity index (χ4v) is 0.989. The van der Waals surface area contributed by atoms with Crippen molar-refractivity contribution in [1.29, 1.82) is 0 Å². The van der Waals surface area contributed by atoms with Crippen molar-refractivity contribution >= 4 is 11.9 Å². The molecular weight excluding hydrogens is 142 g/mol. The number of carbonyl (C=O) groups is 1. The normalized spacial score (nSPS) is 15.4. The molecular formula is C7H6N3O. The molecule has 1 aromatic rings. The van der Waals surface area contributed by atoms with Crippen molar-refractivity contribution in [3.8, 4) is 0 Å². The Morgan fingerprint density at radius 2 is 2.36 bits per heavy atom. The van der Waals surface area contributed by atoms with Crippen LogP contribution in [0.3, 0.4) is 0 Å². The number of imidazole rings is 1. The molecule has 0 saturated carbocycles. The fraction of sp³-hybridized carbons (Fsp3) is 0.143. The van der Waals surface area contributed by atoms with Crippen LogP contribution in [0.2, 0.25) is 0 Å². The first kappa shape index (κ1) is 6.15. The summed E-state index contributed by atoms with van der Waals surface area (Å²) in [7, 11) is 0. The number of hydrogen-bond donors (Lipinski definition) is 0. The number of carbonyl (C=O) groups excluding carboxylic acids is 1. The zero-order valence-corrected chi connectivity index (χ0v) is 5.98. The molecule has 0 atom stereocenters. The van der Waals surface area contributed by atoms with Gasteiger partial charge in [-0.2, -0.15) is 0 Å². The summed E-state index contributed by atoms with van der Waals surface area (Å²) in [4.78, 5) is 15.0. The summed E-state index contributed by atoms with van der Waals surface area (Å²) in [5.74, 6) is 0.389. The maximum atomic E-state index is 11.1. The lowest BCUT2D eigenvalue weighted by Crippen LogP contribution is -2.17.